The maximum atomic E-state index is 12.6. The van der Waals surface area contributed by atoms with Crippen LogP contribution in [-0.4, -0.2) is 30.7 Å². The summed E-state index contributed by atoms with van der Waals surface area (Å²) in [6.45, 7) is 6.29. The first-order valence-electron chi connectivity index (χ1n) is 9.23. The molecule has 0 atom stereocenters. The zero-order valence-corrected chi connectivity index (χ0v) is 16.0. The maximum Gasteiger partial charge on any atom is 0.274 e. The molecule has 1 aliphatic rings. The fourth-order valence-corrected chi connectivity index (χ4v) is 3.30. The van der Waals surface area contributed by atoms with Crippen molar-refractivity contribution in [2.45, 2.75) is 51.7 Å². The predicted octanol–water partition coefficient (Wildman–Crippen LogP) is 2.95. The molecular formula is C19H22N6O3. The standard InChI is InChI=1S/C19H22N6O3/c1-19(2,3)24-16-14(10-20-24)17(26)22-18(21-16)23(13-8-9-13)11-12-6-4-5-7-15(12)25(27)28/h4-7,10,13H,8-9,11H2,1-3H3,(H,21,22,26). The third-order valence-corrected chi connectivity index (χ3v) is 4.85. The van der Waals surface area contributed by atoms with Gasteiger partial charge >= 0.3 is 0 Å². The van der Waals surface area contributed by atoms with Gasteiger partial charge in [-0.3, -0.25) is 19.9 Å². The Morgan fingerprint density at radius 1 is 1.32 bits per heavy atom. The topological polar surface area (TPSA) is 110 Å². The zero-order valence-electron chi connectivity index (χ0n) is 16.0. The number of H-pyrrole nitrogens is 1. The maximum absolute atomic E-state index is 12.6. The average molecular weight is 382 g/mol. The van der Waals surface area contributed by atoms with Gasteiger partial charge in [-0.05, 0) is 33.6 Å². The van der Waals surface area contributed by atoms with Crippen molar-refractivity contribution in [3.63, 3.8) is 0 Å². The van der Waals surface area contributed by atoms with E-state index in [-0.39, 0.29) is 27.8 Å². The lowest BCUT2D eigenvalue weighted by Crippen LogP contribution is -2.30. The molecule has 1 aromatic carbocycles. The Labute approximate surface area is 161 Å². The van der Waals surface area contributed by atoms with Gasteiger partial charge in [-0.15, -0.1) is 0 Å². The molecule has 1 saturated carbocycles. The highest BCUT2D eigenvalue weighted by atomic mass is 16.6. The average Bonchev–Trinajstić information content (AvgIpc) is 3.36. The molecule has 0 radical (unpaired) electrons. The van der Waals surface area contributed by atoms with Crippen molar-refractivity contribution in [1.29, 1.82) is 0 Å². The summed E-state index contributed by atoms with van der Waals surface area (Å²) in [6.07, 6.45) is 3.45. The van der Waals surface area contributed by atoms with Crippen molar-refractivity contribution >= 4 is 22.7 Å². The van der Waals surface area contributed by atoms with Gasteiger partial charge in [0, 0.05) is 17.7 Å². The summed E-state index contributed by atoms with van der Waals surface area (Å²) >= 11 is 0. The van der Waals surface area contributed by atoms with Crippen molar-refractivity contribution < 1.29 is 4.92 Å². The second-order valence-corrected chi connectivity index (χ2v) is 8.10. The molecular weight excluding hydrogens is 360 g/mol. The molecule has 0 bridgehead atoms. The van der Waals surface area contributed by atoms with E-state index in [0.29, 0.717) is 29.1 Å². The number of fused-ring (bicyclic) bond motifs is 1. The van der Waals surface area contributed by atoms with Gasteiger partial charge < -0.3 is 4.90 Å². The molecule has 2 aromatic heterocycles. The van der Waals surface area contributed by atoms with Crippen LogP contribution in [0.25, 0.3) is 11.0 Å². The number of aromatic nitrogens is 4. The highest BCUT2D eigenvalue weighted by molar-refractivity contribution is 5.75. The lowest BCUT2D eigenvalue weighted by atomic mass is 10.1. The molecule has 1 aliphatic carbocycles. The lowest BCUT2D eigenvalue weighted by molar-refractivity contribution is -0.385. The summed E-state index contributed by atoms with van der Waals surface area (Å²) < 4.78 is 1.73. The van der Waals surface area contributed by atoms with Crippen molar-refractivity contribution in [3.8, 4) is 0 Å². The van der Waals surface area contributed by atoms with Gasteiger partial charge in [-0.1, -0.05) is 18.2 Å². The van der Waals surface area contributed by atoms with Crippen LogP contribution < -0.4 is 10.5 Å². The number of rotatable bonds is 5. The first-order chi connectivity index (χ1) is 13.3. The van der Waals surface area contributed by atoms with Crippen molar-refractivity contribution in [2.75, 3.05) is 4.90 Å². The predicted molar refractivity (Wildman–Crippen MR) is 105 cm³/mol. The first kappa shape index (κ1) is 18.1. The molecule has 1 N–H and O–H groups in total. The minimum atomic E-state index is -0.381. The summed E-state index contributed by atoms with van der Waals surface area (Å²) in [7, 11) is 0. The lowest BCUT2D eigenvalue weighted by Gasteiger charge is -2.24. The van der Waals surface area contributed by atoms with Crippen LogP contribution in [0.15, 0.2) is 35.3 Å². The Balaban J connectivity index is 1.80. The van der Waals surface area contributed by atoms with Gasteiger partial charge in [0.05, 0.1) is 23.2 Å². The number of nitro benzene ring substituents is 1. The van der Waals surface area contributed by atoms with E-state index in [1.165, 1.54) is 12.3 Å². The molecule has 0 unspecified atom stereocenters. The van der Waals surface area contributed by atoms with Crippen LogP contribution in [0, 0.1) is 10.1 Å². The summed E-state index contributed by atoms with van der Waals surface area (Å²) in [5, 5.41) is 16.1. The fourth-order valence-electron chi connectivity index (χ4n) is 3.30. The monoisotopic (exact) mass is 382 g/mol. The Bertz CT molecular complexity index is 1110. The number of nitrogens with zero attached hydrogens (tertiary/aromatic N) is 5. The summed E-state index contributed by atoms with van der Waals surface area (Å²) in [6, 6.07) is 6.86. The van der Waals surface area contributed by atoms with Gasteiger partial charge in [0.15, 0.2) is 5.65 Å². The first-order valence-corrected chi connectivity index (χ1v) is 9.23. The highest BCUT2D eigenvalue weighted by Gasteiger charge is 2.33. The number of nitro groups is 1. The second kappa shape index (κ2) is 6.43. The van der Waals surface area contributed by atoms with Crippen LogP contribution in [0.1, 0.15) is 39.2 Å². The molecule has 0 amide bonds. The molecule has 9 heteroatoms. The summed E-state index contributed by atoms with van der Waals surface area (Å²) in [4.78, 5) is 33.1. The zero-order chi connectivity index (χ0) is 20.1. The van der Waals surface area contributed by atoms with Crippen LogP contribution in [0.3, 0.4) is 0 Å². The highest BCUT2D eigenvalue weighted by Crippen LogP contribution is 2.33. The van der Waals surface area contributed by atoms with Gasteiger partial charge in [0.25, 0.3) is 11.2 Å². The summed E-state index contributed by atoms with van der Waals surface area (Å²) in [5.41, 5.74) is 0.577. The van der Waals surface area contributed by atoms with Crippen LogP contribution in [0.5, 0.6) is 0 Å². The van der Waals surface area contributed by atoms with Crippen LogP contribution >= 0.6 is 0 Å². The van der Waals surface area contributed by atoms with E-state index in [2.05, 4.69) is 10.1 Å². The Morgan fingerprint density at radius 3 is 2.68 bits per heavy atom. The molecule has 9 nitrogen and oxygen atoms in total. The van der Waals surface area contributed by atoms with Gasteiger partial charge in [0.1, 0.15) is 5.39 Å². The van der Waals surface area contributed by atoms with Crippen molar-refractivity contribution in [3.05, 3.63) is 56.5 Å². The van der Waals surface area contributed by atoms with Crippen molar-refractivity contribution in [2.24, 2.45) is 0 Å². The SMILES string of the molecule is CC(C)(C)n1ncc2c(=O)[nH]c(N(Cc3ccccc3[N+](=O)[O-])C3CC3)nc21. The molecule has 4 rings (SSSR count). The van der Waals surface area contributed by atoms with Gasteiger partial charge in [0.2, 0.25) is 5.95 Å². The Hall–Kier alpha value is -3.23. The normalized spacial score (nSPS) is 14.4. The van der Waals surface area contributed by atoms with E-state index in [9.17, 15) is 14.9 Å². The van der Waals surface area contributed by atoms with Crippen LogP contribution in [0.4, 0.5) is 11.6 Å². The number of anilines is 1. The van der Waals surface area contributed by atoms with E-state index >= 15 is 0 Å². The number of hydrogen-bond donors (Lipinski definition) is 1. The van der Waals surface area contributed by atoms with E-state index in [0.717, 1.165) is 12.8 Å². The molecule has 0 saturated heterocycles. The number of aromatic amines is 1. The van der Waals surface area contributed by atoms with Crippen LogP contribution in [-0.2, 0) is 12.1 Å². The molecule has 2 heterocycles. The Morgan fingerprint density at radius 2 is 2.04 bits per heavy atom. The fraction of sp³-hybridized carbons (Fsp3) is 0.421. The summed E-state index contributed by atoms with van der Waals surface area (Å²) in [5.74, 6) is 0.421. The molecule has 1 fully saturated rings. The minimum Gasteiger partial charge on any atom is -0.335 e. The molecule has 0 spiro atoms. The largest absolute Gasteiger partial charge is 0.335 e. The van der Waals surface area contributed by atoms with E-state index < -0.39 is 0 Å². The quantitative estimate of drug-likeness (QED) is 0.537. The number of nitrogens with one attached hydrogen (secondary N) is 1. The van der Waals surface area contributed by atoms with Crippen molar-refractivity contribution in [1.82, 2.24) is 19.7 Å². The van der Waals surface area contributed by atoms with Gasteiger partial charge in [-0.2, -0.15) is 10.1 Å². The molecule has 146 valence electrons. The third-order valence-electron chi connectivity index (χ3n) is 4.85. The van der Waals surface area contributed by atoms with E-state index in [4.69, 9.17) is 4.98 Å². The number of hydrogen-bond acceptors (Lipinski definition) is 6. The minimum absolute atomic E-state index is 0.0660. The molecule has 3 aromatic rings. The number of para-hydroxylation sites is 1. The van der Waals surface area contributed by atoms with Crippen LogP contribution in [0.2, 0.25) is 0 Å². The molecule has 0 aliphatic heterocycles. The van der Waals surface area contributed by atoms with E-state index in [1.807, 2.05) is 25.7 Å². The Kier molecular flexibility index (Phi) is 4.17. The number of benzene rings is 1. The van der Waals surface area contributed by atoms with Gasteiger partial charge in [-0.25, -0.2) is 4.68 Å². The second-order valence-electron chi connectivity index (χ2n) is 8.10. The smallest absolute Gasteiger partial charge is 0.274 e. The third kappa shape index (κ3) is 3.23. The van der Waals surface area contributed by atoms with E-state index in [1.54, 1.807) is 22.9 Å². The molecule has 28 heavy (non-hydrogen) atoms.